The van der Waals surface area contributed by atoms with Gasteiger partial charge in [-0.3, -0.25) is 13.9 Å². The summed E-state index contributed by atoms with van der Waals surface area (Å²) < 4.78 is 26.2. The van der Waals surface area contributed by atoms with Crippen molar-refractivity contribution in [1.29, 1.82) is 0 Å². The van der Waals surface area contributed by atoms with Crippen LogP contribution in [0.25, 0.3) is 0 Å². The number of carbonyl (C=O) groups excluding carboxylic acids is 2. The molecule has 9 heteroatoms. The fraction of sp³-hybridized carbons (Fsp3) is 0.391. The highest BCUT2D eigenvalue weighted by molar-refractivity contribution is 7.92. The number of nitrogens with zero attached hydrogens (tertiary/aromatic N) is 2. The molecular weight excluding hydrogens is 450 g/mol. The summed E-state index contributed by atoms with van der Waals surface area (Å²) in [5, 5.41) is 3.31. The summed E-state index contributed by atoms with van der Waals surface area (Å²) in [6, 6.07) is 13.2. The van der Waals surface area contributed by atoms with Crippen molar-refractivity contribution in [2.75, 3.05) is 23.7 Å². The molecule has 0 unspecified atom stereocenters. The lowest BCUT2D eigenvalue weighted by Gasteiger charge is -2.32. The summed E-state index contributed by atoms with van der Waals surface area (Å²) >= 11 is 6.09. The first-order chi connectivity index (χ1) is 15.0. The number of amides is 2. The lowest BCUT2D eigenvalue weighted by molar-refractivity contribution is -0.139. The normalized spacial score (nSPS) is 12.2. The lowest BCUT2D eigenvalue weighted by atomic mass is 10.1. The van der Waals surface area contributed by atoms with E-state index in [0.29, 0.717) is 17.3 Å². The van der Waals surface area contributed by atoms with Gasteiger partial charge in [-0.15, -0.1) is 0 Å². The van der Waals surface area contributed by atoms with Crippen LogP contribution < -0.4 is 9.62 Å². The number of rotatable bonds is 10. The Bertz CT molecular complexity index is 1060. The molecule has 174 valence electrons. The Morgan fingerprint density at radius 2 is 1.81 bits per heavy atom. The smallest absolute Gasteiger partial charge is 0.244 e. The van der Waals surface area contributed by atoms with E-state index in [2.05, 4.69) is 5.32 Å². The van der Waals surface area contributed by atoms with E-state index >= 15 is 0 Å². The zero-order valence-electron chi connectivity index (χ0n) is 18.8. The number of sulfonamides is 1. The van der Waals surface area contributed by atoms with E-state index in [1.54, 1.807) is 62.4 Å². The van der Waals surface area contributed by atoms with E-state index in [9.17, 15) is 18.0 Å². The molecule has 0 aliphatic rings. The van der Waals surface area contributed by atoms with Gasteiger partial charge in [-0.2, -0.15) is 0 Å². The fourth-order valence-corrected chi connectivity index (χ4v) is 4.37. The number of anilines is 1. The molecule has 0 heterocycles. The van der Waals surface area contributed by atoms with Crippen molar-refractivity contribution in [3.63, 3.8) is 0 Å². The topological polar surface area (TPSA) is 86.8 Å². The Morgan fingerprint density at radius 3 is 2.41 bits per heavy atom. The molecule has 2 aromatic rings. The maximum absolute atomic E-state index is 13.4. The maximum Gasteiger partial charge on any atom is 0.244 e. The monoisotopic (exact) mass is 479 g/mol. The second-order valence-electron chi connectivity index (χ2n) is 7.67. The summed E-state index contributed by atoms with van der Waals surface area (Å²) in [4.78, 5) is 27.4. The number of halogens is 1. The zero-order valence-corrected chi connectivity index (χ0v) is 20.4. The van der Waals surface area contributed by atoms with Crippen LogP contribution in [-0.2, 0) is 26.2 Å². The number of benzene rings is 2. The summed E-state index contributed by atoms with van der Waals surface area (Å²) in [7, 11) is -3.74. The fourth-order valence-electron chi connectivity index (χ4n) is 3.25. The maximum atomic E-state index is 13.4. The standard InChI is InChI=1S/C23H30ClN3O4S/c1-5-13-25-23(29)18(3)26(15-19-10-8-11-20(24)14-19)22(28)16-27(32(4,30)31)21-12-7-6-9-17(21)2/h6-12,14,18H,5,13,15-16H2,1-4H3,(H,25,29)/t18-/m0/s1. The highest BCUT2D eigenvalue weighted by Gasteiger charge is 2.30. The number of para-hydroxylation sites is 1. The van der Waals surface area contributed by atoms with Gasteiger partial charge in [0.1, 0.15) is 12.6 Å². The van der Waals surface area contributed by atoms with Crippen LogP contribution in [0, 0.1) is 6.92 Å². The van der Waals surface area contributed by atoms with Crippen LogP contribution in [-0.4, -0.2) is 50.5 Å². The van der Waals surface area contributed by atoms with Gasteiger partial charge in [-0.1, -0.05) is 48.9 Å². The van der Waals surface area contributed by atoms with Crippen LogP contribution in [0.5, 0.6) is 0 Å². The van der Waals surface area contributed by atoms with Crippen LogP contribution in [0.1, 0.15) is 31.4 Å². The van der Waals surface area contributed by atoms with Crippen molar-refractivity contribution < 1.29 is 18.0 Å². The Kier molecular flexibility index (Phi) is 9.09. The number of aryl methyl sites for hydroxylation is 1. The molecule has 0 saturated heterocycles. The minimum Gasteiger partial charge on any atom is -0.354 e. The molecule has 7 nitrogen and oxygen atoms in total. The van der Waals surface area contributed by atoms with Gasteiger partial charge in [-0.25, -0.2) is 8.42 Å². The highest BCUT2D eigenvalue weighted by atomic mass is 35.5. The summed E-state index contributed by atoms with van der Waals surface area (Å²) in [5.41, 5.74) is 1.89. The average molecular weight is 480 g/mol. The van der Waals surface area contributed by atoms with Gasteiger partial charge < -0.3 is 10.2 Å². The molecule has 0 radical (unpaired) electrons. The minimum absolute atomic E-state index is 0.117. The molecule has 1 N–H and O–H groups in total. The van der Waals surface area contributed by atoms with Gasteiger partial charge in [0, 0.05) is 18.1 Å². The average Bonchev–Trinajstić information content (AvgIpc) is 2.73. The van der Waals surface area contributed by atoms with Crippen molar-refractivity contribution in [2.24, 2.45) is 0 Å². The number of hydrogen-bond donors (Lipinski definition) is 1. The largest absolute Gasteiger partial charge is 0.354 e. The number of carbonyl (C=O) groups is 2. The molecule has 0 fully saturated rings. The predicted octanol–water partition coefficient (Wildman–Crippen LogP) is 3.36. The molecule has 0 bridgehead atoms. The Balaban J connectivity index is 2.38. The van der Waals surface area contributed by atoms with Crippen LogP contribution >= 0.6 is 11.6 Å². The quantitative estimate of drug-likeness (QED) is 0.566. The van der Waals surface area contributed by atoms with Crippen molar-refractivity contribution in [1.82, 2.24) is 10.2 Å². The SMILES string of the molecule is CCCNC(=O)[C@H](C)N(Cc1cccc(Cl)c1)C(=O)CN(c1ccccc1C)S(C)(=O)=O. The first-order valence-corrected chi connectivity index (χ1v) is 12.6. The predicted molar refractivity (Wildman–Crippen MR) is 128 cm³/mol. The van der Waals surface area contributed by atoms with Crippen LogP contribution in [0.3, 0.4) is 0 Å². The molecule has 0 aliphatic heterocycles. The zero-order chi connectivity index (χ0) is 23.9. The molecule has 0 saturated carbocycles. The Morgan fingerprint density at radius 1 is 1.12 bits per heavy atom. The third-order valence-corrected chi connectivity index (χ3v) is 6.38. The van der Waals surface area contributed by atoms with Gasteiger partial charge in [0.2, 0.25) is 21.8 Å². The molecule has 2 rings (SSSR count). The van der Waals surface area contributed by atoms with Crippen LogP contribution in [0.15, 0.2) is 48.5 Å². The third-order valence-electron chi connectivity index (χ3n) is 5.02. The van der Waals surface area contributed by atoms with E-state index in [-0.39, 0.29) is 12.5 Å². The van der Waals surface area contributed by atoms with Gasteiger partial charge in [0.15, 0.2) is 0 Å². The molecule has 1 atom stereocenters. The van der Waals surface area contributed by atoms with E-state index in [1.807, 2.05) is 6.92 Å². The Hall–Kier alpha value is -2.58. The summed E-state index contributed by atoms with van der Waals surface area (Å²) in [6.45, 7) is 5.53. The van der Waals surface area contributed by atoms with Gasteiger partial charge >= 0.3 is 0 Å². The molecule has 0 aromatic heterocycles. The highest BCUT2D eigenvalue weighted by Crippen LogP contribution is 2.23. The number of nitrogens with one attached hydrogen (secondary N) is 1. The van der Waals surface area contributed by atoms with E-state index < -0.39 is 28.5 Å². The second-order valence-corrected chi connectivity index (χ2v) is 10.0. The molecule has 0 aliphatic carbocycles. The lowest BCUT2D eigenvalue weighted by Crippen LogP contribution is -2.51. The van der Waals surface area contributed by atoms with Crippen molar-refractivity contribution in [3.05, 3.63) is 64.7 Å². The van der Waals surface area contributed by atoms with Gasteiger partial charge in [0.05, 0.1) is 11.9 Å². The van der Waals surface area contributed by atoms with Crippen molar-refractivity contribution in [3.8, 4) is 0 Å². The van der Waals surface area contributed by atoms with Crippen LogP contribution in [0.4, 0.5) is 5.69 Å². The van der Waals surface area contributed by atoms with Gasteiger partial charge in [0.25, 0.3) is 0 Å². The third kappa shape index (κ3) is 6.97. The summed E-state index contributed by atoms with van der Waals surface area (Å²) in [6.07, 6.45) is 1.82. The molecular formula is C23H30ClN3O4S. The Labute approximate surface area is 195 Å². The van der Waals surface area contributed by atoms with Crippen LogP contribution in [0.2, 0.25) is 5.02 Å². The second kappa shape index (κ2) is 11.3. The molecule has 32 heavy (non-hydrogen) atoms. The van der Waals surface area contributed by atoms with Gasteiger partial charge in [-0.05, 0) is 49.6 Å². The number of hydrogen-bond acceptors (Lipinski definition) is 4. The first kappa shape index (κ1) is 25.7. The minimum atomic E-state index is -3.74. The van der Waals surface area contributed by atoms with Crippen molar-refractivity contribution in [2.45, 2.75) is 39.8 Å². The van der Waals surface area contributed by atoms with E-state index in [1.165, 1.54) is 4.90 Å². The molecule has 2 amide bonds. The summed E-state index contributed by atoms with van der Waals surface area (Å²) in [5.74, 6) is -0.790. The van der Waals surface area contributed by atoms with Crippen molar-refractivity contribution >= 4 is 39.1 Å². The molecule has 0 spiro atoms. The van der Waals surface area contributed by atoms with E-state index in [4.69, 9.17) is 11.6 Å². The first-order valence-electron chi connectivity index (χ1n) is 10.4. The van der Waals surface area contributed by atoms with E-state index in [0.717, 1.165) is 28.1 Å². The molecule has 2 aromatic carbocycles.